The number of nitrogens with one attached hydrogen (secondary N) is 1. The van der Waals surface area contributed by atoms with Crippen molar-refractivity contribution >= 4 is 11.7 Å². The highest BCUT2D eigenvalue weighted by molar-refractivity contribution is 5.87. The summed E-state index contributed by atoms with van der Waals surface area (Å²) in [4.78, 5) is 10.7. The van der Waals surface area contributed by atoms with E-state index in [1.807, 2.05) is 26.0 Å². The highest BCUT2D eigenvalue weighted by Crippen LogP contribution is 2.24. The molecule has 0 aliphatic rings. The molecule has 1 rings (SSSR count). The maximum Gasteiger partial charge on any atom is 0.316 e. The lowest BCUT2D eigenvalue weighted by atomic mass is 9.85. The fourth-order valence-corrected chi connectivity index (χ4v) is 1.25. The van der Waals surface area contributed by atoms with Crippen molar-refractivity contribution in [2.24, 2.45) is 5.73 Å². The molecule has 0 saturated heterocycles. The average molecular weight is 208 g/mol. The van der Waals surface area contributed by atoms with Crippen LogP contribution in [0.4, 0.5) is 10.5 Å². The number of hydrogen-bond acceptors (Lipinski definition) is 2. The highest BCUT2D eigenvalue weighted by atomic mass is 16.3. The number of nitrogens with two attached hydrogens (primary N) is 1. The van der Waals surface area contributed by atoms with Crippen LogP contribution in [0.2, 0.25) is 0 Å². The van der Waals surface area contributed by atoms with Gasteiger partial charge >= 0.3 is 6.03 Å². The van der Waals surface area contributed by atoms with E-state index in [9.17, 15) is 9.90 Å². The molecule has 0 fully saturated rings. The molecule has 0 heterocycles. The van der Waals surface area contributed by atoms with E-state index in [0.29, 0.717) is 5.69 Å². The molecule has 1 aromatic rings. The fourth-order valence-electron chi connectivity index (χ4n) is 1.25. The van der Waals surface area contributed by atoms with Gasteiger partial charge in [-0.2, -0.15) is 0 Å². The fraction of sp³-hybridized carbons (Fsp3) is 0.364. The van der Waals surface area contributed by atoms with Crippen LogP contribution in [0.3, 0.4) is 0 Å². The Morgan fingerprint density at radius 1 is 1.53 bits per heavy atom. The summed E-state index contributed by atoms with van der Waals surface area (Å²) in [7, 11) is 0. The summed E-state index contributed by atoms with van der Waals surface area (Å²) in [5.74, 6) is 0. The van der Waals surface area contributed by atoms with Crippen LogP contribution in [0, 0.1) is 0 Å². The van der Waals surface area contributed by atoms with Crippen molar-refractivity contribution in [2.75, 3.05) is 11.9 Å². The zero-order chi connectivity index (χ0) is 11.5. The van der Waals surface area contributed by atoms with Crippen LogP contribution >= 0.6 is 0 Å². The summed E-state index contributed by atoms with van der Waals surface area (Å²) in [5, 5.41) is 11.7. The standard InChI is InChI=1S/C11H16N2O2/c1-11(2,7-14)8-4-3-5-9(6-8)13-10(12)15/h3-6,14H,7H2,1-2H3,(H3,12,13,15). The van der Waals surface area contributed by atoms with Crippen molar-refractivity contribution < 1.29 is 9.90 Å². The topological polar surface area (TPSA) is 75.3 Å². The number of carbonyl (C=O) groups excluding carboxylic acids is 1. The summed E-state index contributed by atoms with van der Waals surface area (Å²) >= 11 is 0. The van der Waals surface area contributed by atoms with E-state index in [-0.39, 0.29) is 12.0 Å². The van der Waals surface area contributed by atoms with Crippen LogP contribution in [-0.4, -0.2) is 17.7 Å². The van der Waals surface area contributed by atoms with Gasteiger partial charge in [0.05, 0.1) is 6.61 Å². The average Bonchev–Trinajstić information content (AvgIpc) is 2.17. The second-order valence-electron chi connectivity index (χ2n) is 4.11. The first-order valence-electron chi connectivity index (χ1n) is 4.73. The first kappa shape index (κ1) is 11.5. The number of benzene rings is 1. The molecule has 4 nitrogen and oxygen atoms in total. The number of amides is 2. The van der Waals surface area contributed by atoms with Gasteiger partial charge in [0.1, 0.15) is 0 Å². The first-order valence-corrected chi connectivity index (χ1v) is 4.73. The highest BCUT2D eigenvalue weighted by Gasteiger charge is 2.19. The molecular weight excluding hydrogens is 192 g/mol. The molecule has 0 bridgehead atoms. The number of hydrogen-bond donors (Lipinski definition) is 3. The zero-order valence-corrected chi connectivity index (χ0v) is 8.95. The lowest BCUT2D eigenvalue weighted by Gasteiger charge is -2.22. The van der Waals surface area contributed by atoms with Gasteiger partial charge in [-0.05, 0) is 17.7 Å². The summed E-state index contributed by atoms with van der Waals surface area (Å²) < 4.78 is 0. The van der Waals surface area contributed by atoms with Crippen molar-refractivity contribution in [3.8, 4) is 0 Å². The third-order valence-corrected chi connectivity index (χ3v) is 2.31. The maximum absolute atomic E-state index is 10.7. The normalized spacial score (nSPS) is 11.1. The van der Waals surface area contributed by atoms with Crippen LogP contribution < -0.4 is 11.1 Å². The smallest absolute Gasteiger partial charge is 0.316 e. The van der Waals surface area contributed by atoms with Crippen LogP contribution in [-0.2, 0) is 5.41 Å². The predicted octanol–water partition coefficient (Wildman–Crippen LogP) is 1.45. The molecule has 15 heavy (non-hydrogen) atoms. The van der Waals surface area contributed by atoms with Crippen molar-refractivity contribution in [3.63, 3.8) is 0 Å². The predicted molar refractivity (Wildman–Crippen MR) is 59.8 cm³/mol. The van der Waals surface area contributed by atoms with Crippen molar-refractivity contribution in [1.82, 2.24) is 0 Å². The van der Waals surface area contributed by atoms with E-state index in [1.54, 1.807) is 12.1 Å². The molecule has 82 valence electrons. The second kappa shape index (κ2) is 4.31. The van der Waals surface area contributed by atoms with Crippen molar-refractivity contribution in [1.29, 1.82) is 0 Å². The molecule has 0 saturated carbocycles. The van der Waals surface area contributed by atoms with Crippen LogP contribution in [0.1, 0.15) is 19.4 Å². The van der Waals surface area contributed by atoms with Crippen molar-refractivity contribution in [2.45, 2.75) is 19.3 Å². The number of urea groups is 1. The SMILES string of the molecule is CC(C)(CO)c1cccc(NC(N)=O)c1. The third-order valence-electron chi connectivity index (χ3n) is 2.31. The zero-order valence-electron chi connectivity index (χ0n) is 8.95. The van der Waals surface area contributed by atoms with Gasteiger partial charge in [0.2, 0.25) is 0 Å². The molecule has 0 aliphatic heterocycles. The Kier molecular flexibility index (Phi) is 3.31. The van der Waals surface area contributed by atoms with Gasteiger partial charge in [-0.25, -0.2) is 4.79 Å². The van der Waals surface area contributed by atoms with Gasteiger partial charge < -0.3 is 16.2 Å². The quantitative estimate of drug-likeness (QED) is 0.703. The molecule has 0 aromatic heterocycles. The molecule has 4 heteroatoms. The molecular formula is C11H16N2O2. The molecule has 0 atom stereocenters. The summed E-state index contributed by atoms with van der Waals surface area (Å²) in [6.45, 7) is 3.90. The summed E-state index contributed by atoms with van der Waals surface area (Å²) in [6, 6.07) is 6.69. The largest absolute Gasteiger partial charge is 0.395 e. The van der Waals surface area contributed by atoms with Crippen LogP contribution in [0.15, 0.2) is 24.3 Å². The number of rotatable bonds is 3. The molecule has 1 aromatic carbocycles. The Hall–Kier alpha value is -1.55. The van der Waals surface area contributed by atoms with Gasteiger partial charge in [0, 0.05) is 11.1 Å². The Balaban J connectivity index is 2.97. The Labute approximate surface area is 89.1 Å². The van der Waals surface area contributed by atoms with E-state index < -0.39 is 6.03 Å². The number of anilines is 1. The minimum atomic E-state index is -0.589. The van der Waals surface area contributed by atoms with E-state index in [2.05, 4.69) is 5.32 Å². The minimum absolute atomic E-state index is 0.0486. The lowest BCUT2D eigenvalue weighted by Crippen LogP contribution is -2.23. The third kappa shape index (κ3) is 2.95. The number of aliphatic hydroxyl groups is 1. The molecule has 2 amide bonds. The summed E-state index contributed by atoms with van der Waals surface area (Å²) in [6.07, 6.45) is 0. The molecule has 4 N–H and O–H groups in total. The van der Waals surface area contributed by atoms with Gasteiger partial charge in [0.15, 0.2) is 0 Å². The maximum atomic E-state index is 10.7. The monoisotopic (exact) mass is 208 g/mol. The summed E-state index contributed by atoms with van der Waals surface area (Å²) in [5.41, 5.74) is 6.29. The first-order chi connectivity index (χ1) is 6.95. The molecule has 0 unspecified atom stereocenters. The number of primary amides is 1. The molecule has 0 spiro atoms. The Bertz CT molecular complexity index is 361. The van der Waals surface area contributed by atoms with Gasteiger partial charge in [0.25, 0.3) is 0 Å². The van der Waals surface area contributed by atoms with Gasteiger partial charge in [-0.3, -0.25) is 0 Å². The molecule has 0 radical (unpaired) electrons. The van der Waals surface area contributed by atoms with Gasteiger partial charge in [-0.1, -0.05) is 26.0 Å². The second-order valence-corrected chi connectivity index (χ2v) is 4.11. The van der Waals surface area contributed by atoms with E-state index in [4.69, 9.17) is 5.73 Å². The lowest BCUT2D eigenvalue weighted by molar-refractivity contribution is 0.218. The Morgan fingerprint density at radius 3 is 2.73 bits per heavy atom. The van der Waals surface area contributed by atoms with Gasteiger partial charge in [-0.15, -0.1) is 0 Å². The molecule has 0 aliphatic carbocycles. The van der Waals surface area contributed by atoms with Crippen LogP contribution in [0.5, 0.6) is 0 Å². The minimum Gasteiger partial charge on any atom is -0.395 e. The Morgan fingerprint density at radius 2 is 2.20 bits per heavy atom. The van der Waals surface area contributed by atoms with E-state index in [0.717, 1.165) is 5.56 Å². The number of aliphatic hydroxyl groups excluding tert-OH is 1. The van der Waals surface area contributed by atoms with Crippen molar-refractivity contribution in [3.05, 3.63) is 29.8 Å². The van der Waals surface area contributed by atoms with E-state index >= 15 is 0 Å². The van der Waals surface area contributed by atoms with E-state index in [1.165, 1.54) is 0 Å². The van der Waals surface area contributed by atoms with Crippen LogP contribution in [0.25, 0.3) is 0 Å². The number of carbonyl (C=O) groups is 1.